The van der Waals surface area contributed by atoms with Gasteiger partial charge >= 0.3 is 0 Å². The van der Waals surface area contributed by atoms with E-state index in [0.29, 0.717) is 16.5 Å². The highest BCUT2D eigenvalue weighted by molar-refractivity contribution is 7.80. The average molecular weight is 407 g/mol. The zero-order chi connectivity index (χ0) is 21.0. The number of amides is 1. The van der Waals surface area contributed by atoms with Gasteiger partial charge in [0.1, 0.15) is 5.75 Å². The summed E-state index contributed by atoms with van der Waals surface area (Å²) in [5.74, 6) is 0.449. The van der Waals surface area contributed by atoms with Gasteiger partial charge in [-0.15, -0.1) is 0 Å². The Bertz CT molecular complexity index is 1000. The van der Waals surface area contributed by atoms with Crippen LogP contribution in [0.2, 0.25) is 0 Å². The van der Waals surface area contributed by atoms with Crippen LogP contribution in [0.5, 0.6) is 5.75 Å². The summed E-state index contributed by atoms with van der Waals surface area (Å²) in [4.78, 5) is 14.7. The number of carbonyl (C=O) groups excluding carboxylic acids is 1. The second kappa shape index (κ2) is 9.05. The van der Waals surface area contributed by atoms with Crippen molar-refractivity contribution in [2.45, 2.75) is 39.8 Å². The van der Waals surface area contributed by atoms with E-state index in [9.17, 15) is 4.79 Å². The maximum atomic E-state index is 12.7. The zero-order valence-electron chi connectivity index (χ0n) is 17.2. The van der Waals surface area contributed by atoms with Crippen LogP contribution in [-0.2, 0) is 0 Å². The molecule has 0 unspecified atom stereocenters. The predicted octanol–water partition coefficient (Wildman–Crippen LogP) is 5.87. The number of thiocarbonyl (C=S) groups is 1. The number of anilines is 1. The average Bonchev–Trinajstić information content (AvgIpc) is 2.68. The Balaban J connectivity index is 1.71. The summed E-state index contributed by atoms with van der Waals surface area (Å²) in [7, 11) is 0. The monoisotopic (exact) mass is 406 g/mol. The van der Waals surface area contributed by atoms with E-state index >= 15 is 0 Å². The lowest BCUT2D eigenvalue weighted by Crippen LogP contribution is -2.43. The topological polar surface area (TPSA) is 41.6 Å². The van der Waals surface area contributed by atoms with Crippen LogP contribution in [0.4, 0.5) is 5.69 Å². The SMILES string of the molecule is CC(C)N(C(=S)Oc1ccc(C(=O)Nc2cccc3ccccc23)cc1)C(C)C. The fourth-order valence-electron chi connectivity index (χ4n) is 3.37. The summed E-state index contributed by atoms with van der Waals surface area (Å²) < 4.78 is 5.84. The molecule has 0 aliphatic heterocycles. The molecule has 29 heavy (non-hydrogen) atoms. The lowest BCUT2D eigenvalue weighted by molar-refractivity contribution is 0.102. The Morgan fingerprint density at radius 1 is 0.897 bits per heavy atom. The maximum absolute atomic E-state index is 12.7. The number of nitrogens with one attached hydrogen (secondary N) is 1. The second-order valence-corrected chi connectivity index (χ2v) is 7.82. The van der Waals surface area contributed by atoms with Gasteiger partial charge in [-0.2, -0.15) is 0 Å². The molecule has 4 nitrogen and oxygen atoms in total. The molecule has 0 heterocycles. The third-order valence-electron chi connectivity index (χ3n) is 4.68. The molecule has 1 N–H and O–H groups in total. The van der Waals surface area contributed by atoms with Crippen molar-refractivity contribution in [1.82, 2.24) is 4.90 Å². The van der Waals surface area contributed by atoms with Crippen molar-refractivity contribution >= 4 is 39.8 Å². The number of carbonyl (C=O) groups is 1. The van der Waals surface area contributed by atoms with Crippen molar-refractivity contribution < 1.29 is 9.53 Å². The van der Waals surface area contributed by atoms with Crippen molar-refractivity contribution in [3.8, 4) is 5.75 Å². The first-order chi connectivity index (χ1) is 13.9. The quantitative estimate of drug-likeness (QED) is 0.538. The van der Waals surface area contributed by atoms with Crippen LogP contribution in [0.15, 0.2) is 66.7 Å². The van der Waals surface area contributed by atoms with Crippen LogP contribution in [-0.4, -0.2) is 28.1 Å². The molecule has 0 aliphatic carbocycles. The Kier molecular flexibility index (Phi) is 6.49. The number of rotatable bonds is 5. The lowest BCUT2D eigenvalue weighted by atomic mass is 10.1. The van der Waals surface area contributed by atoms with Gasteiger partial charge in [0, 0.05) is 28.7 Å². The summed E-state index contributed by atoms with van der Waals surface area (Å²) >= 11 is 5.45. The molecular weight excluding hydrogens is 380 g/mol. The summed E-state index contributed by atoms with van der Waals surface area (Å²) in [6.45, 7) is 8.32. The van der Waals surface area contributed by atoms with Crippen molar-refractivity contribution in [2.75, 3.05) is 5.32 Å². The molecule has 150 valence electrons. The molecule has 0 saturated carbocycles. The maximum Gasteiger partial charge on any atom is 0.265 e. The summed E-state index contributed by atoms with van der Waals surface area (Å²) in [6.07, 6.45) is 0. The molecule has 3 aromatic rings. The minimum Gasteiger partial charge on any atom is -0.432 e. The van der Waals surface area contributed by atoms with Gasteiger partial charge in [0.2, 0.25) is 0 Å². The van der Waals surface area contributed by atoms with Gasteiger partial charge < -0.3 is 15.0 Å². The first kappa shape index (κ1) is 20.8. The molecule has 3 rings (SSSR count). The Hall–Kier alpha value is -2.92. The van der Waals surface area contributed by atoms with E-state index in [4.69, 9.17) is 17.0 Å². The minimum atomic E-state index is -0.165. The van der Waals surface area contributed by atoms with Crippen LogP contribution < -0.4 is 10.1 Å². The first-order valence-electron chi connectivity index (χ1n) is 9.76. The fraction of sp³-hybridized carbons (Fsp3) is 0.250. The van der Waals surface area contributed by atoms with Gasteiger partial charge in [0.25, 0.3) is 11.1 Å². The predicted molar refractivity (Wildman–Crippen MR) is 124 cm³/mol. The molecule has 0 aliphatic rings. The van der Waals surface area contributed by atoms with Crippen LogP contribution in [0.3, 0.4) is 0 Å². The second-order valence-electron chi connectivity index (χ2n) is 7.47. The normalized spacial score (nSPS) is 11.0. The van der Waals surface area contributed by atoms with Gasteiger partial charge in [-0.05, 0) is 75.6 Å². The molecule has 0 fully saturated rings. The third-order valence-corrected chi connectivity index (χ3v) is 4.98. The van der Waals surface area contributed by atoms with Gasteiger partial charge in [-0.1, -0.05) is 36.4 Å². The molecule has 0 spiro atoms. The van der Waals surface area contributed by atoms with Gasteiger partial charge in [0.15, 0.2) is 0 Å². The standard InChI is InChI=1S/C24H26N2O2S/c1-16(2)26(17(3)4)24(29)28-20-14-12-19(13-15-20)23(27)25-22-11-7-9-18-8-5-6-10-21(18)22/h5-17H,1-4H3,(H,25,27). The Morgan fingerprint density at radius 2 is 1.52 bits per heavy atom. The van der Waals surface area contributed by atoms with Gasteiger partial charge in [0.05, 0.1) is 0 Å². The van der Waals surface area contributed by atoms with Crippen molar-refractivity contribution in [3.63, 3.8) is 0 Å². The molecule has 0 bridgehead atoms. The van der Waals surface area contributed by atoms with Gasteiger partial charge in [-0.3, -0.25) is 4.79 Å². The lowest BCUT2D eigenvalue weighted by Gasteiger charge is -2.32. The third kappa shape index (κ3) is 4.93. The molecule has 5 heteroatoms. The van der Waals surface area contributed by atoms with Crippen LogP contribution >= 0.6 is 12.2 Å². The summed E-state index contributed by atoms with van der Waals surface area (Å²) in [5, 5.41) is 5.52. The van der Waals surface area contributed by atoms with E-state index in [-0.39, 0.29) is 18.0 Å². The van der Waals surface area contributed by atoms with Crippen molar-refractivity contribution in [3.05, 3.63) is 72.3 Å². The molecular formula is C24H26N2O2S. The smallest absolute Gasteiger partial charge is 0.265 e. The van der Waals surface area contributed by atoms with Crippen molar-refractivity contribution in [2.24, 2.45) is 0 Å². The first-order valence-corrected chi connectivity index (χ1v) is 10.2. The van der Waals surface area contributed by atoms with Crippen LogP contribution in [0, 0.1) is 0 Å². The van der Waals surface area contributed by atoms with E-state index in [1.807, 2.05) is 47.4 Å². The zero-order valence-corrected chi connectivity index (χ0v) is 18.0. The molecule has 0 saturated heterocycles. The highest BCUT2D eigenvalue weighted by Crippen LogP contribution is 2.24. The fourth-order valence-corrected chi connectivity index (χ4v) is 3.89. The highest BCUT2D eigenvalue weighted by Gasteiger charge is 2.18. The van der Waals surface area contributed by atoms with E-state index in [0.717, 1.165) is 16.5 Å². The van der Waals surface area contributed by atoms with Crippen LogP contribution in [0.25, 0.3) is 10.8 Å². The largest absolute Gasteiger partial charge is 0.432 e. The number of hydrogen-bond acceptors (Lipinski definition) is 3. The number of hydrogen-bond donors (Lipinski definition) is 1. The summed E-state index contributed by atoms with van der Waals surface area (Å²) in [6, 6.07) is 21.3. The number of ether oxygens (including phenoxy) is 1. The number of fused-ring (bicyclic) bond motifs is 1. The molecule has 0 radical (unpaired) electrons. The van der Waals surface area contributed by atoms with Crippen molar-refractivity contribution in [1.29, 1.82) is 0 Å². The molecule has 3 aromatic carbocycles. The Morgan fingerprint density at radius 3 is 2.17 bits per heavy atom. The van der Waals surface area contributed by atoms with E-state index in [1.54, 1.807) is 24.3 Å². The van der Waals surface area contributed by atoms with E-state index < -0.39 is 0 Å². The van der Waals surface area contributed by atoms with E-state index in [2.05, 4.69) is 33.0 Å². The highest BCUT2D eigenvalue weighted by atomic mass is 32.1. The van der Waals surface area contributed by atoms with Crippen LogP contribution in [0.1, 0.15) is 38.1 Å². The minimum absolute atomic E-state index is 0.165. The van der Waals surface area contributed by atoms with Gasteiger partial charge in [-0.25, -0.2) is 0 Å². The molecule has 1 amide bonds. The summed E-state index contributed by atoms with van der Waals surface area (Å²) in [5.41, 5.74) is 1.35. The number of benzene rings is 3. The number of nitrogens with zero attached hydrogens (tertiary/aromatic N) is 1. The molecule has 0 atom stereocenters. The molecule has 0 aromatic heterocycles. The van der Waals surface area contributed by atoms with E-state index in [1.165, 1.54) is 0 Å². The Labute approximate surface area is 177 Å².